The van der Waals surface area contributed by atoms with Gasteiger partial charge >= 0.3 is 0 Å². The van der Waals surface area contributed by atoms with Gasteiger partial charge in [-0.2, -0.15) is 0 Å². The molecule has 0 N–H and O–H groups in total. The fourth-order valence-electron chi connectivity index (χ4n) is 4.24. The van der Waals surface area contributed by atoms with Crippen LogP contribution in [0.2, 0.25) is 0 Å². The largest absolute Gasteiger partial charge is 0.0931 e. The first-order valence-electron chi connectivity index (χ1n) is 13.0. The van der Waals surface area contributed by atoms with Crippen LogP contribution in [-0.4, -0.2) is 37.0 Å². The van der Waals surface area contributed by atoms with E-state index >= 15 is 0 Å². The smallest absolute Gasteiger partial charge is 0.0652 e. The van der Waals surface area contributed by atoms with Gasteiger partial charge in [-0.05, 0) is 38.5 Å². The summed E-state index contributed by atoms with van der Waals surface area (Å²) in [5.41, 5.74) is 0. The third-order valence-electron chi connectivity index (χ3n) is 6.44. The minimum atomic E-state index is -0.891. The van der Waals surface area contributed by atoms with Gasteiger partial charge in [-0.3, -0.25) is 0 Å². The summed E-state index contributed by atoms with van der Waals surface area (Å²) in [5, 5.41) is 0. The van der Waals surface area contributed by atoms with Crippen LogP contribution >= 0.6 is 14.5 Å². The number of rotatable bonds is 20. The average molecular weight is 431 g/mol. The second-order valence-corrected chi connectivity index (χ2v) is 17.4. The van der Waals surface area contributed by atoms with Crippen molar-refractivity contribution in [2.24, 2.45) is 0 Å². The molecule has 0 aliphatic carbocycles. The molecule has 0 aromatic heterocycles. The summed E-state index contributed by atoms with van der Waals surface area (Å²) >= 11 is 0. The van der Waals surface area contributed by atoms with Gasteiger partial charge < -0.3 is 0 Å². The molecule has 0 amide bonds. The van der Waals surface area contributed by atoms with Crippen LogP contribution in [0, 0.1) is 0 Å². The molecule has 0 atom stereocenters. The third-order valence-corrected chi connectivity index (χ3v) is 15.5. The van der Waals surface area contributed by atoms with E-state index < -0.39 is 14.5 Å². The number of hydrogen-bond donors (Lipinski definition) is 0. The van der Waals surface area contributed by atoms with Crippen LogP contribution in [0.1, 0.15) is 119 Å². The highest BCUT2D eigenvalue weighted by molar-refractivity contribution is 7.82. The first-order chi connectivity index (χ1) is 13.6. The molecule has 0 bridgehead atoms. The molecule has 0 unspecified atom stereocenters. The summed E-state index contributed by atoms with van der Waals surface area (Å²) in [6, 6.07) is 0. The van der Waals surface area contributed by atoms with Gasteiger partial charge in [0, 0.05) is 14.5 Å². The van der Waals surface area contributed by atoms with Gasteiger partial charge in [0.25, 0.3) is 0 Å². The van der Waals surface area contributed by atoms with Gasteiger partial charge in [0.1, 0.15) is 0 Å². The van der Waals surface area contributed by atoms with E-state index in [0.29, 0.717) is 0 Å². The molecule has 28 heavy (non-hydrogen) atoms. The first kappa shape index (κ1) is 28.6. The van der Waals surface area contributed by atoms with Gasteiger partial charge in [-0.15, -0.1) is 0 Å². The Balaban J connectivity index is 5.73. The molecule has 0 spiro atoms. The van der Waals surface area contributed by atoms with Crippen molar-refractivity contribution in [2.75, 3.05) is 37.0 Å². The zero-order valence-electron chi connectivity index (χ0n) is 20.8. The molecule has 0 rings (SSSR count). The summed E-state index contributed by atoms with van der Waals surface area (Å²) < 4.78 is 0. The molecule has 0 radical (unpaired) electrons. The highest BCUT2D eigenvalue weighted by Gasteiger charge is 2.38. The average Bonchev–Trinajstić information content (AvgIpc) is 2.73. The molecule has 2 heteroatoms. The minimum Gasteiger partial charge on any atom is -0.0652 e. The molecular weight excluding hydrogens is 374 g/mol. The van der Waals surface area contributed by atoms with Crippen molar-refractivity contribution in [1.29, 1.82) is 0 Å². The summed E-state index contributed by atoms with van der Waals surface area (Å²) in [6.45, 7) is 14.3. The molecular formula is C26H56P2+2. The Morgan fingerprint density at radius 1 is 0.357 bits per heavy atom. The topological polar surface area (TPSA) is 0 Å². The molecule has 0 aliphatic rings. The molecule has 0 aromatic rings. The van der Waals surface area contributed by atoms with Crippen molar-refractivity contribution in [3.63, 3.8) is 0 Å². The van der Waals surface area contributed by atoms with E-state index in [1.165, 1.54) is 114 Å². The molecule has 0 aromatic carbocycles. The fraction of sp³-hybridized carbons (Fsp3) is 0.923. The fourth-order valence-corrected chi connectivity index (χ4v) is 14.4. The quantitative estimate of drug-likeness (QED) is 0.168. The SMILES string of the molecule is CCCC[P+](/C=C/[P+](CCCC)(CCCC)CCCC)(CCCC)CCCC. The van der Waals surface area contributed by atoms with Crippen LogP contribution < -0.4 is 0 Å². The zero-order valence-corrected chi connectivity index (χ0v) is 22.6. The van der Waals surface area contributed by atoms with E-state index in [4.69, 9.17) is 0 Å². The molecule has 0 nitrogen and oxygen atoms in total. The lowest BCUT2D eigenvalue weighted by molar-refractivity contribution is 0.839. The maximum Gasteiger partial charge on any atom is 0.0931 e. The summed E-state index contributed by atoms with van der Waals surface area (Å²) in [5.74, 6) is 5.89. The predicted octanol–water partition coefficient (Wildman–Crippen LogP) is 10.3. The van der Waals surface area contributed by atoms with Crippen molar-refractivity contribution >= 4 is 14.5 Å². The second-order valence-electron chi connectivity index (χ2n) is 9.20. The lowest BCUT2D eigenvalue weighted by atomic mass is 10.4. The van der Waals surface area contributed by atoms with Gasteiger partial charge in [0.15, 0.2) is 0 Å². The maximum atomic E-state index is 2.95. The lowest BCUT2D eigenvalue weighted by Crippen LogP contribution is -2.10. The van der Waals surface area contributed by atoms with Crippen LogP contribution in [0.3, 0.4) is 0 Å². The second kappa shape index (κ2) is 18.4. The van der Waals surface area contributed by atoms with Crippen LogP contribution in [0.5, 0.6) is 0 Å². The van der Waals surface area contributed by atoms with Crippen molar-refractivity contribution in [3.05, 3.63) is 11.6 Å². The summed E-state index contributed by atoms with van der Waals surface area (Å²) in [4.78, 5) is 0. The van der Waals surface area contributed by atoms with E-state index in [2.05, 4.69) is 53.2 Å². The van der Waals surface area contributed by atoms with Gasteiger partial charge in [0.2, 0.25) is 0 Å². The molecule has 0 aliphatic heterocycles. The van der Waals surface area contributed by atoms with Crippen LogP contribution in [-0.2, 0) is 0 Å². The van der Waals surface area contributed by atoms with Crippen molar-refractivity contribution in [1.82, 2.24) is 0 Å². The molecule has 0 fully saturated rings. The first-order valence-corrected chi connectivity index (χ1v) is 17.8. The van der Waals surface area contributed by atoms with Crippen LogP contribution in [0.15, 0.2) is 11.6 Å². The lowest BCUT2D eigenvalue weighted by Gasteiger charge is -2.27. The van der Waals surface area contributed by atoms with Crippen molar-refractivity contribution in [2.45, 2.75) is 119 Å². The Morgan fingerprint density at radius 3 is 0.679 bits per heavy atom. The van der Waals surface area contributed by atoms with E-state index in [9.17, 15) is 0 Å². The van der Waals surface area contributed by atoms with Crippen molar-refractivity contribution < 1.29 is 0 Å². The van der Waals surface area contributed by atoms with Crippen LogP contribution in [0.25, 0.3) is 0 Å². The minimum absolute atomic E-state index is 0.891. The van der Waals surface area contributed by atoms with Crippen molar-refractivity contribution in [3.8, 4) is 0 Å². The van der Waals surface area contributed by atoms with E-state index in [1.807, 2.05) is 0 Å². The zero-order chi connectivity index (χ0) is 21.1. The van der Waals surface area contributed by atoms with E-state index in [0.717, 1.165) is 0 Å². The summed E-state index contributed by atoms with van der Waals surface area (Å²) in [7, 11) is -1.78. The highest BCUT2D eigenvalue weighted by atomic mass is 31.2. The van der Waals surface area contributed by atoms with E-state index in [1.54, 1.807) is 0 Å². The third kappa shape index (κ3) is 12.3. The van der Waals surface area contributed by atoms with Gasteiger partial charge in [0.05, 0.1) is 48.6 Å². The van der Waals surface area contributed by atoms with Gasteiger partial charge in [-0.25, -0.2) is 0 Å². The highest BCUT2D eigenvalue weighted by Crippen LogP contribution is 2.68. The Labute approximate surface area is 181 Å². The monoisotopic (exact) mass is 430 g/mol. The molecule has 0 saturated carbocycles. The van der Waals surface area contributed by atoms with Gasteiger partial charge in [-0.1, -0.05) is 80.1 Å². The molecule has 0 saturated heterocycles. The van der Waals surface area contributed by atoms with E-state index in [-0.39, 0.29) is 0 Å². The standard InChI is InChI=1S/C26H56P2/c1-7-13-19-27(20-14-8-2,21-15-9-3)25-26-28(22-16-10-4,23-17-11-5)24-18-12-6/h25-26H,7-24H2,1-6H3/q+2/b26-25+. The maximum absolute atomic E-state index is 2.95. The van der Waals surface area contributed by atoms with Crippen LogP contribution in [0.4, 0.5) is 0 Å². The molecule has 0 heterocycles. The number of unbranched alkanes of at least 4 members (excludes halogenated alkanes) is 6. The molecule has 168 valence electrons. The summed E-state index contributed by atoms with van der Waals surface area (Å²) in [6.07, 6.45) is 26.2. The Hall–Kier alpha value is 0.600. The normalized spacial score (nSPS) is 12.9. The number of hydrogen-bond acceptors (Lipinski definition) is 0. The Kier molecular flexibility index (Phi) is 18.8. The predicted molar refractivity (Wildman–Crippen MR) is 142 cm³/mol. The Bertz CT molecular complexity index is 284. The Morgan fingerprint density at radius 2 is 0.536 bits per heavy atom.